The van der Waals surface area contributed by atoms with Crippen LogP contribution in [0, 0.1) is 0 Å². The number of methoxy groups -OCH3 is 1. The third kappa shape index (κ3) is 2.24. The summed E-state index contributed by atoms with van der Waals surface area (Å²) in [5, 5.41) is 13.1. The summed E-state index contributed by atoms with van der Waals surface area (Å²) in [6.45, 7) is 2.52. The van der Waals surface area contributed by atoms with Crippen LogP contribution in [0.15, 0.2) is 42.5 Å². The Morgan fingerprint density at radius 1 is 1.27 bits per heavy atom. The van der Waals surface area contributed by atoms with E-state index in [9.17, 15) is 9.90 Å². The number of carbonyl (C=O) groups is 1. The molecule has 5 nitrogen and oxygen atoms in total. The molecule has 2 N–H and O–H groups in total. The number of phenolic OH excluding ortho intramolecular Hbond substituents is 1. The molecular weight excluding hydrogens is 280 g/mol. The maximum Gasteiger partial charge on any atom is 0.257 e. The van der Waals surface area contributed by atoms with Gasteiger partial charge in [-0.2, -0.15) is 0 Å². The van der Waals surface area contributed by atoms with Gasteiger partial charge in [-0.15, -0.1) is 0 Å². The van der Waals surface area contributed by atoms with Crippen LogP contribution in [-0.4, -0.2) is 29.6 Å². The van der Waals surface area contributed by atoms with Gasteiger partial charge in [-0.25, -0.2) is 0 Å². The minimum absolute atomic E-state index is 0.00566. The summed E-state index contributed by atoms with van der Waals surface area (Å²) in [5.41, 5.74) is 2.35. The van der Waals surface area contributed by atoms with E-state index in [0.717, 1.165) is 11.3 Å². The number of para-hydroxylation sites is 1. The molecule has 1 aliphatic heterocycles. The van der Waals surface area contributed by atoms with Gasteiger partial charge in [-0.05, 0) is 36.8 Å². The van der Waals surface area contributed by atoms with E-state index in [-0.39, 0.29) is 17.8 Å². The summed E-state index contributed by atoms with van der Waals surface area (Å²) in [6.07, 6.45) is -0.290. The molecule has 0 spiro atoms. The van der Waals surface area contributed by atoms with Crippen molar-refractivity contribution < 1.29 is 14.6 Å². The molecule has 0 radical (unpaired) electrons. The van der Waals surface area contributed by atoms with Crippen LogP contribution in [0.5, 0.6) is 11.5 Å². The van der Waals surface area contributed by atoms with Crippen molar-refractivity contribution >= 4 is 11.6 Å². The molecule has 5 heteroatoms. The highest BCUT2D eigenvalue weighted by Crippen LogP contribution is 2.36. The van der Waals surface area contributed by atoms with E-state index in [1.54, 1.807) is 23.1 Å². The Bertz CT molecular complexity index is 715. The fraction of sp³-hybridized carbons (Fsp3) is 0.235. The molecule has 0 saturated heterocycles. The highest BCUT2D eigenvalue weighted by Gasteiger charge is 2.31. The van der Waals surface area contributed by atoms with Crippen molar-refractivity contribution in [3.63, 3.8) is 0 Å². The van der Waals surface area contributed by atoms with Crippen molar-refractivity contribution in [2.45, 2.75) is 13.1 Å². The number of ether oxygens (including phenoxy) is 1. The van der Waals surface area contributed by atoms with E-state index >= 15 is 0 Å². The number of amides is 1. The average molecular weight is 298 g/mol. The lowest BCUT2D eigenvalue weighted by atomic mass is 10.0. The van der Waals surface area contributed by atoms with E-state index in [1.807, 2.05) is 31.2 Å². The molecule has 0 aromatic heterocycles. The van der Waals surface area contributed by atoms with Crippen LogP contribution >= 0.6 is 0 Å². The fourth-order valence-corrected chi connectivity index (χ4v) is 2.75. The molecule has 0 fully saturated rings. The van der Waals surface area contributed by atoms with Crippen LogP contribution in [0.1, 0.15) is 29.0 Å². The molecule has 1 heterocycles. The van der Waals surface area contributed by atoms with E-state index in [1.165, 1.54) is 7.11 Å². The van der Waals surface area contributed by atoms with Gasteiger partial charge in [0.25, 0.3) is 5.91 Å². The minimum Gasteiger partial charge on any atom is -0.504 e. The number of hydrogen-bond acceptors (Lipinski definition) is 4. The monoisotopic (exact) mass is 298 g/mol. The third-order valence-electron chi connectivity index (χ3n) is 3.88. The Hall–Kier alpha value is -2.69. The average Bonchev–Trinajstić information content (AvgIpc) is 2.55. The van der Waals surface area contributed by atoms with Crippen LogP contribution in [0.4, 0.5) is 5.69 Å². The number of fused-ring (bicyclic) bond motifs is 1. The molecule has 1 amide bonds. The highest BCUT2D eigenvalue weighted by atomic mass is 16.5. The van der Waals surface area contributed by atoms with Crippen LogP contribution in [-0.2, 0) is 0 Å². The Morgan fingerprint density at radius 3 is 2.77 bits per heavy atom. The molecule has 2 aromatic rings. The topological polar surface area (TPSA) is 61.8 Å². The van der Waals surface area contributed by atoms with Crippen LogP contribution < -0.4 is 10.1 Å². The number of anilines is 1. The summed E-state index contributed by atoms with van der Waals surface area (Å²) in [6, 6.07) is 12.6. The SMILES string of the molecule is CCN1C(=O)c2ccccc2NC1c1ccc(O)c(OC)c1. The number of phenols is 1. The van der Waals surface area contributed by atoms with Crippen molar-refractivity contribution in [1.29, 1.82) is 0 Å². The van der Waals surface area contributed by atoms with Crippen molar-refractivity contribution in [2.24, 2.45) is 0 Å². The van der Waals surface area contributed by atoms with Gasteiger partial charge in [0.2, 0.25) is 0 Å². The van der Waals surface area contributed by atoms with Gasteiger partial charge < -0.3 is 20.1 Å². The molecule has 1 atom stereocenters. The predicted molar refractivity (Wildman–Crippen MR) is 84.2 cm³/mol. The predicted octanol–water partition coefficient (Wildman–Crippen LogP) is 2.99. The maximum atomic E-state index is 12.7. The number of aromatic hydroxyl groups is 1. The van der Waals surface area contributed by atoms with Crippen LogP contribution in [0.3, 0.4) is 0 Å². The first-order valence-electron chi connectivity index (χ1n) is 7.19. The minimum atomic E-state index is -0.290. The highest BCUT2D eigenvalue weighted by molar-refractivity contribution is 6.01. The molecule has 0 saturated carbocycles. The number of benzene rings is 2. The van der Waals surface area contributed by atoms with E-state index in [4.69, 9.17) is 4.74 Å². The summed E-state index contributed by atoms with van der Waals surface area (Å²) in [4.78, 5) is 14.4. The molecular formula is C17H18N2O3. The third-order valence-corrected chi connectivity index (χ3v) is 3.88. The fourth-order valence-electron chi connectivity index (χ4n) is 2.75. The maximum absolute atomic E-state index is 12.7. The van der Waals surface area contributed by atoms with Gasteiger partial charge in [-0.1, -0.05) is 18.2 Å². The number of nitrogens with one attached hydrogen (secondary N) is 1. The van der Waals surface area contributed by atoms with Gasteiger partial charge in [0.1, 0.15) is 6.17 Å². The van der Waals surface area contributed by atoms with E-state index < -0.39 is 0 Å². The first-order chi connectivity index (χ1) is 10.7. The lowest BCUT2D eigenvalue weighted by Crippen LogP contribution is -2.42. The van der Waals surface area contributed by atoms with Gasteiger partial charge in [0, 0.05) is 12.2 Å². The second-order valence-corrected chi connectivity index (χ2v) is 5.11. The Labute approximate surface area is 129 Å². The first-order valence-corrected chi connectivity index (χ1v) is 7.19. The van der Waals surface area contributed by atoms with E-state index in [2.05, 4.69) is 5.32 Å². The first kappa shape index (κ1) is 14.3. The Kier molecular flexibility index (Phi) is 3.63. The van der Waals surface area contributed by atoms with Crippen LogP contribution in [0.25, 0.3) is 0 Å². The van der Waals surface area contributed by atoms with Gasteiger partial charge >= 0.3 is 0 Å². The number of hydrogen-bond donors (Lipinski definition) is 2. The largest absolute Gasteiger partial charge is 0.504 e. The van der Waals surface area contributed by atoms with Crippen molar-refractivity contribution in [3.05, 3.63) is 53.6 Å². The smallest absolute Gasteiger partial charge is 0.257 e. The number of carbonyl (C=O) groups excluding carboxylic acids is 1. The number of rotatable bonds is 3. The van der Waals surface area contributed by atoms with Crippen LogP contribution in [0.2, 0.25) is 0 Å². The second kappa shape index (κ2) is 5.60. The quantitative estimate of drug-likeness (QED) is 0.914. The molecule has 22 heavy (non-hydrogen) atoms. The molecule has 1 unspecified atom stereocenters. The summed E-state index contributed by atoms with van der Waals surface area (Å²) in [7, 11) is 1.51. The van der Waals surface area contributed by atoms with Gasteiger partial charge in [-0.3, -0.25) is 4.79 Å². The molecule has 114 valence electrons. The summed E-state index contributed by atoms with van der Waals surface area (Å²) >= 11 is 0. The summed E-state index contributed by atoms with van der Waals surface area (Å²) in [5.74, 6) is 0.465. The van der Waals surface area contributed by atoms with Gasteiger partial charge in [0.15, 0.2) is 11.5 Å². The lowest BCUT2D eigenvalue weighted by molar-refractivity contribution is 0.0694. The zero-order valence-electron chi connectivity index (χ0n) is 12.5. The van der Waals surface area contributed by atoms with Crippen molar-refractivity contribution in [2.75, 3.05) is 19.0 Å². The Morgan fingerprint density at radius 2 is 2.05 bits per heavy atom. The van der Waals surface area contributed by atoms with Crippen molar-refractivity contribution in [1.82, 2.24) is 4.90 Å². The zero-order valence-corrected chi connectivity index (χ0v) is 12.5. The Balaban J connectivity index is 2.05. The molecule has 1 aliphatic rings. The standard InChI is InChI=1S/C17H18N2O3/c1-3-19-16(11-8-9-14(20)15(10-11)22-2)18-13-7-5-4-6-12(13)17(19)21/h4-10,16,18,20H,3H2,1-2H3. The number of nitrogens with zero attached hydrogens (tertiary/aromatic N) is 1. The zero-order chi connectivity index (χ0) is 15.7. The van der Waals surface area contributed by atoms with Crippen molar-refractivity contribution in [3.8, 4) is 11.5 Å². The molecule has 0 aliphatic carbocycles. The van der Waals surface area contributed by atoms with E-state index in [0.29, 0.717) is 17.9 Å². The molecule has 2 aromatic carbocycles. The van der Waals surface area contributed by atoms with Gasteiger partial charge in [0.05, 0.1) is 12.7 Å². The lowest BCUT2D eigenvalue weighted by Gasteiger charge is -2.37. The summed E-state index contributed by atoms with van der Waals surface area (Å²) < 4.78 is 5.16. The molecule has 3 rings (SSSR count). The second-order valence-electron chi connectivity index (χ2n) is 5.11. The normalized spacial score (nSPS) is 16.9. The molecule has 0 bridgehead atoms.